The number of likely N-dealkylation sites (tertiary alicyclic amines) is 1. The summed E-state index contributed by atoms with van der Waals surface area (Å²) in [6, 6.07) is 4.21. The largest absolute Gasteiger partial charge is 0.362 e. The number of amidine groups is 1. The van der Waals surface area contributed by atoms with Gasteiger partial charge in [0.05, 0.1) is 51.5 Å². The summed E-state index contributed by atoms with van der Waals surface area (Å²) in [5, 5.41) is 19.7. The summed E-state index contributed by atoms with van der Waals surface area (Å²) in [4.78, 5) is 59.1. The second kappa shape index (κ2) is 19.2. The highest BCUT2D eigenvalue weighted by atomic mass is 32.2. The van der Waals surface area contributed by atoms with Gasteiger partial charge in [0.25, 0.3) is 12.3 Å². The van der Waals surface area contributed by atoms with Gasteiger partial charge in [0.15, 0.2) is 15.5 Å². The van der Waals surface area contributed by atoms with Gasteiger partial charge in [0.2, 0.25) is 11.8 Å². The Morgan fingerprint density at radius 3 is 2.57 bits per heavy atom. The van der Waals surface area contributed by atoms with E-state index in [4.69, 9.17) is 10.1 Å². The minimum absolute atomic E-state index is 0.0112. The molecule has 2 aromatic heterocycles. The fourth-order valence-electron chi connectivity index (χ4n) is 9.22. The molecule has 0 radical (unpaired) electrons. The number of rotatable bonds is 10. The van der Waals surface area contributed by atoms with Gasteiger partial charge < -0.3 is 25.7 Å². The minimum atomic E-state index is -3.14. The van der Waals surface area contributed by atoms with Gasteiger partial charge in [-0.05, 0) is 62.7 Å². The number of piperidine rings is 2. The van der Waals surface area contributed by atoms with Crippen LogP contribution >= 0.6 is 0 Å². The number of carbonyl (C=O) groups is 3. The van der Waals surface area contributed by atoms with Crippen LogP contribution < -0.4 is 21.6 Å². The number of nitrogens with one attached hydrogen (secondary N) is 4. The summed E-state index contributed by atoms with van der Waals surface area (Å²) in [6.45, 7) is 1.91. The molecule has 4 N–H and O–H groups in total. The van der Waals surface area contributed by atoms with Crippen molar-refractivity contribution in [2.45, 2.75) is 75.7 Å². The Hall–Kier alpha value is -6.05. The van der Waals surface area contributed by atoms with E-state index >= 15 is 4.39 Å². The number of imidazole rings is 1. The van der Waals surface area contributed by atoms with E-state index in [-0.39, 0.29) is 85.5 Å². The number of benzene rings is 1. The molecule has 1 saturated carbocycles. The van der Waals surface area contributed by atoms with Gasteiger partial charge in [0, 0.05) is 64.8 Å². The quantitative estimate of drug-likeness (QED) is 0.100. The Morgan fingerprint density at radius 1 is 1.09 bits per heavy atom. The number of anilines is 1. The topological polar surface area (TPSA) is 218 Å². The summed E-state index contributed by atoms with van der Waals surface area (Å²) in [7, 11) is -1.54. The molecule has 6 heterocycles. The Kier molecular flexibility index (Phi) is 13.4. The highest BCUT2D eigenvalue weighted by Gasteiger charge is 2.34. The molecule has 1 aliphatic carbocycles. The average molecular weight is 922 g/mol. The summed E-state index contributed by atoms with van der Waals surface area (Å²) in [6.07, 6.45) is 4.05. The van der Waals surface area contributed by atoms with Gasteiger partial charge in [-0.15, -0.1) is 0 Å². The molecule has 1 unspecified atom stereocenters. The zero-order valence-electron chi connectivity index (χ0n) is 35.6. The number of aliphatic imine (C=N–C) groups is 1. The van der Waals surface area contributed by atoms with Crippen LogP contribution in [-0.2, 0) is 36.0 Å². The highest BCUT2D eigenvalue weighted by molar-refractivity contribution is 7.91. The molecule has 0 spiro atoms. The van der Waals surface area contributed by atoms with Crippen molar-refractivity contribution in [3.05, 3.63) is 69.8 Å². The first kappa shape index (κ1) is 45.5. The summed E-state index contributed by atoms with van der Waals surface area (Å²) in [5.74, 6) is 4.85. The molecule has 3 saturated heterocycles. The standard InChI is InChI=1S/C43H50F3N11O7S/c1-53-38-27(4-2-6-32(38)57(43(53)61)33-11-12-36(58)51-42(33)60)5-3-19-64-34-14-16-54(24-30(34)44)23-26-7-9-28(10-8-26)56-25-31(37(52-56)39(45)46)49-41(59)29(22-47)40-48-15-13-35(50-40)55-17-20-65(62,63)21-18-55/h2,4,6,13,15,22,25-26,28,30,33-34,39,47-48H,7-12,14,16-21,23-24H2,1H3,(H,49,59)(H,51,58,60)/b40-29-,47-22?/t26-,28-,30-,33?,34-/m0/s1. The van der Waals surface area contributed by atoms with Crippen LogP contribution in [0.15, 0.2) is 57.9 Å². The third kappa shape index (κ3) is 9.96. The molecule has 346 valence electrons. The van der Waals surface area contributed by atoms with Gasteiger partial charge in [-0.2, -0.15) is 5.10 Å². The molecular weight excluding hydrogens is 872 g/mol. The molecule has 4 fully saturated rings. The first-order valence-electron chi connectivity index (χ1n) is 21.6. The Labute approximate surface area is 372 Å². The van der Waals surface area contributed by atoms with Crippen LogP contribution in [0.25, 0.3) is 11.0 Å². The summed E-state index contributed by atoms with van der Waals surface area (Å²) < 4.78 is 77.9. The number of aryl methyl sites for hydroxylation is 1. The van der Waals surface area contributed by atoms with Crippen molar-refractivity contribution in [3.63, 3.8) is 0 Å². The van der Waals surface area contributed by atoms with Crippen LogP contribution in [0.5, 0.6) is 0 Å². The fourth-order valence-corrected chi connectivity index (χ4v) is 10.4. The van der Waals surface area contributed by atoms with Gasteiger partial charge >= 0.3 is 5.69 Å². The fraction of sp³-hybridized carbons (Fsp3) is 0.512. The van der Waals surface area contributed by atoms with Crippen molar-refractivity contribution >= 4 is 56.3 Å². The molecule has 0 bridgehead atoms. The maximum absolute atomic E-state index is 15.5. The predicted octanol–water partition coefficient (Wildman–Crippen LogP) is 2.71. The number of amides is 3. The van der Waals surface area contributed by atoms with E-state index in [1.807, 2.05) is 0 Å². The number of nitrogens with zero attached hydrogens (tertiary/aromatic N) is 7. The number of hydrogen-bond donors (Lipinski definition) is 4. The van der Waals surface area contributed by atoms with Crippen molar-refractivity contribution in [1.29, 1.82) is 5.41 Å². The van der Waals surface area contributed by atoms with Gasteiger partial charge in [0.1, 0.15) is 30.5 Å². The van der Waals surface area contributed by atoms with E-state index in [0.717, 1.165) is 19.1 Å². The van der Waals surface area contributed by atoms with Crippen LogP contribution in [-0.4, -0.2) is 130 Å². The number of alkyl halides is 3. The first-order valence-corrected chi connectivity index (χ1v) is 23.4. The van der Waals surface area contributed by atoms with E-state index in [1.165, 1.54) is 26.2 Å². The van der Waals surface area contributed by atoms with Crippen molar-refractivity contribution in [2.24, 2.45) is 18.0 Å². The molecule has 3 atom stereocenters. The van der Waals surface area contributed by atoms with Crippen LogP contribution in [0.3, 0.4) is 0 Å². The van der Waals surface area contributed by atoms with Crippen molar-refractivity contribution in [1.82, 2.24) is 39.3 Å². The second-order valence-corrected chi connectivity index (χ2v) is 19.2. The Bertz CT molecular complexity index is 2690. The molecule has 1 aromatic carbocycles. The Balaban J connectivity index is 0.821. The SMILES string of the molecule is Cn1c(=O)n(C2CCC(=O)NC2=O)c2cccc(C#CCO[C@H]3CCN(C[C@H]4CC[C@H](n5cc(NC(=O)/C(C=N)=C6\N=C(N7CCS(=O)(=O)CC7)C=CN6)c(C(F)F)n5)CC4)C[C@@H]3F)c21. The van der Waals surface area contributed by atoms with Gasteiger partial charge in [-0.3, -0.25) is 38.4 Å². The van der Waals surface area contributed by atoms with E-state index < -0.39 is 57.8 Å². The number of ether oxygens (including phenoxy) is 1. The molecule has 22 heteroatoms. The van der Waals surface area contributed by atoms with Gasteiger partial charge in [-0.1, -0.05) is 17.9 Å². The first-order chi connectivity index (χ1) is 31.2. The Morgan fingerprint density at radius 2 is 1.86 bits per heavy atom. The summed E-state index contributed by atoms with van der Waals surface area (Å²) in [5.41, 5.74) is 0.213. The van der Waals surface area contributed by atoms with Crippen molar-refractivity contribution < 1.29 is 40.7 Å². The van der Waals surface area contributed by atoms with Crippen LogP contribution in [0.1, 0.15) is 74.7 Å². The molecule has 5 aliphatic rings. The second-order valence-electron chi connectivity index (χ2n) is 16.9. The zero-order chi connectivity index (χ0) is 46.0. The zero-order valence-corrected chi connectivity index (χ0v) is 36.5. The number of para-hydroxylation sites is 1. The maximum atomic E-state index is 15.5. The normalized spacial score (nSPS) is 25.6. The average Bonchev–Trinajstić information content (AvgIpc) is 3.81. The lowest BCUT2D eigenvalue weighted by Gasteiger charge is -2.38. The molecule has 4 aliphatic heterocycles. The highest BCUT2D eigenvalue weighted by Crippen LogP contribution is 2.36. The lowest BCUT2D eigenvalue weighted by atomic mass is 9.85. The molecule has 3 aromatic rings. The van der Waals surface area contributed by atoms with E-state index in [2.05, 4.69) is 42.8 Å². The van der Waals surface area contributed by atoms with Crippen LogP contribution in [0.2, 0.25) is 0 Å². The van der Waals surface area contributed by atoms with Crippen LogP contribution in [0, 0.1) is 23.2 Å². The van der Waals surface area contributed by atoms with Crippen molar-refractivity contribution in [3.8, 4) is 11.8 Å². The monoisotopic (exact) mass is 921 g/mol. The third-order valence-electron chi connectivity index (χ3n) is 12.7. The van der Waals surface area contributed by atoms with Crippen molar-refractivity contribution in [2.75, 3.05) is 56.2 Å². The molecule has 8 rings (SSSR count). The molecule has 3 amide bonds. The summed E-state index contributed by atoms with van der Waals surface area (Å²) >= 11 is 0. The molecular formula is C43H50F3N11O7S. The van der Waals surface area contributed by atoms with Gasteiger partial charge in [-0.25, -0.2) is 31.4 Å². The van der Waals surface area contributed by atoms with E-state index in [9.17, 15) is 36.4 Å². The molecule has 65 heavy (non-hydrogen) atoms. The number of hydrogen-bond acceptors (Lipinski definition) is 13. The maximum Gasteiger partial charge on any atom is 0.329 e. The van der Waals surface area contributed by atoms with E-state index in [1.54, 1.807) is 36.2 Å². The minimum Gasteiger partial charge on any atom is -0.362 e. The van der Waals surface area contributed by atoms with E-state index in [0.29, 0.717) is 54.8 Å². The predicted molar refractivity (Wildman–Crippen MR) is 234 cm³/mol. The number of aromatic nitrogens is 4. The number of halogens is 3. The number of imide groups is 1. The number of sulfone groups is 1. The lowest BCUT2D eigenvalue weighted by Crippen LogP contribution is -2.47. The smallest absolute Gasteiger partial charge is 0.329 e. The molecule has 18 nitrogen and oxygen atoms in total. The third-order valence-corrected chi connectivity index (χ3v) is 14.3. The number of carbonyl (C=O) groups excluding carboxylic acids is 3. The lowest BCUT2D eigenvalue weighted by molar-refractivity contribution is -0.135. The van der Waals surface area contributed by atoms with Crippen LogP contribution in [0.4, 0.5) is 18.9 Å². The number of fused-ring (bicyclic) bond motifs is 1.